The van der Waals surface area contributed by atoms with Crippen molar-refractivity contribution in [3.05, 3.63) is 23.5 Å². The lowest BCUT2D eigenvalue weighted by Gasteiger charge is -2.28. The van der Waals surface area contributed by atoms with Crippen LogP contribution in [0.4, 0.5) is 0 Å². The molecule has 8 heteroatoms. The standard InChI is InChI=1S/C13H17ClN2O4S/c14-11-10(6-5-9-15-11)21(19,20)16-13(12(17)18)7-3-1-2-4-8-13/h5-6,9,16H,1-4,7-8H2,(H,17,18). The fourth-order valence-corrected chi connectivity index (χ4v) is 4.45. The van der Waals surface area contributed by atoms with Gasteiger partial charge in [-0.25, -0.2) is 13.4 Å². The third-order valence-electron chi connectivity index (χ3n) is 3.71. The van der Waals surface area contributed by atoms with Crippen LogP contribution in [-0.4, -0.2) is 30.0 Å². The number of carbonyl (C=O) groups is 1. The Hall–Kier alpha value is -1.18. The summed E-state index contributed by atoms with van der Waals surface area (Å²) in [5.74, 6) is -1.15. The quantitative estimate of drug-likeness (QED) is 0.650. The van der Waals surface area contributed by atoms with Crippen molar-refractivity contribution in [2.45, 2.75) is 49.0 Å². The number of halogens is 1. The molecule has 0 bridgehead atoms. The maximum atomic E-state index is 12.4. The molecule has 2 rings (SSSR count). The Morgan fingerprint density at radius 3 is 2.43 bits per heavy atom. The highest BCUT2D eigenvalue weighted by Gasteiger charge is 2.42. The smallest absolute Gasteiger partial charge is 0.324 e. The summed E-state index contributed by atoms with van der Waals surface area (Å²) in [4.78, 5) is 15.2. The Balaban J connectivity index is 2.36. The van der Waals surface area contributed by atoms with E-state index < -0.39 is 21.5 Å². The third-order valence-corrected chi connectivity index (χ3v) is 5.69. The van der Waals surface area contributed by atoms with Gasteiger partial charge in [0.05, 0.1) is 0 Å². The van der Waals surface area contributed by atoms with Gasteiger partial charge in [0.1, 0.15) is 15.6 Å². The number of hydrogen-bond acceptors (Lipinski definition) is 4. The number of nitrogens with zero attached hydrogens (tertiary/aromatic N) is 1. The van der Waals surface area contributed by atoms with E-state index in [0.717, 1.165) is 12.8 Å². The largest absolute Gasteiger partial charge is 0.480 e. The van der Waals surface area contributed by atoms with Gasteiger partial charge in [0.2, 0.25) is 10.0 Å². The minimum atomic E-state index is -4.04. The molecule has 0 atom stereocenters. The van der Waals surface area contributed by atoms with E-state index in [1.165, 1.54) is 18.3 Å². The Morgan fingerprint density at radius 1 is 1.29 bits per heavy atom. The molecular weight excluding hydrogens is 316 g/mol. The second-order valence-electron chi connectivity index (χ2n) is 5.20. The molecule has 1 aromatic heterocycles. The summed E-state index contributed by atoms with van der Waals surface area (Å²) in [7, 11) is -4.04. The van der Waals surface area contributed by atoms with E-state index in [2.05, 4.69) is 9.71 Å². The van der Waals surface area contributed by atoms with Crippen LogP contribution in [0.25, 0.3) is 0 Å². The van der Waals surface area contributed by atoms with Gasteiger partial charge in [-0.1, -0.05) is 37.3 Å². The Labute approximate surface area is 128 Å². The van der Waals surface area contributed by atoms with Crippen molar-refractivity contribution in [2.75, 3.05) is 0 Å². The SMILES string of the molecule is O=C(O)C1(NS(=O)(=O)c2cccnc2Cl)CCCCCC1. The van der Waals surface area contributed by atoms with Crippen molar-refractivity contribution in [1.82, 2.24) is 9.71 Å². The van der Waals surface area contributed by atoms with Crippen molar-refractivity contribution in [3.8, 4) is 0 Å². The molecule has 0 amide bonds. The number of carboxylic acid groups (broad SMARTS) is 1. The lowest BCUT2D eigenvalue weighted by Crippen LogP contribution is -2.54. The molecule has 0 radical (unpaired) electrons. The monoisotopic (exact) mass is 332 g/mol. The zero-order chi connectivity index (χ0) is 15.5. The molecule has 6 nitrogen and oxygen atoms in total. The van der Waals surface area contributed by atoms with Crippen molar-refractivity contribution < 1.29 is 18.3 Å². The number of hydrogen-bond donors (Lipinski definition) is 2. The van der Waals surface area contributed by atoms with Crippen LogP contribution in [-0.2, 0) is 14.8 Å². The van der Waals surface area contributed by atoms with Gasteiger partial charge < -0.3 is 5.11 Å². The van der Waals surface area contributed by atoms with Crippen LogP contribution in [0.15, 0.2) is 23.2 Å². The molecule has 0 saturated heterocycles. The number of carboxylic acids is 1. The minimum absolute atomic E-state index is 0.167. The predicted octanol–water partition coefficient (Wildman–Crippen LogP) is 2.19. The molecule has 21 heavy (non-hydrogen) atoms. The van der Waals surface area contributed by atoms with Crippen LogP contribution >= 0.6 is 11.6 Å². The molecule has 1 heterocycles. The fraction of sp³-hybridized carbons (Fsp3) is 0.538. The van der Waals surface area contributed by atoms with Gasteiger partial charge >= 0.3 is 5.97 Å². The molecule has 0 unspecified atom stereocenters. The van der Waals surface area contributed by atoms with Crippen molar-refractivity contribution in [3.63, 3.8) is 0 Å². The number of rotatable bonds is 4. The van der Waals surface area contributed by atoms with Crippen molar-refractivity contribution >= 4 is 27.6 Å². The summed E-state index contributed by atoms with van der Waals surface area (Å²) in [6.07, 6.45) is 5.10. The maximum absolute atomic E-state index is 12.4. The minimum Gasteiger partial charge on any atom is -0.480 e. The number of sulfonamides is 1. The first-order valence-corrected chi connectivity index (χ1v) is 8.61. The van der Waals surface area contributed by atoms with Gasteiger partial charge in [-0.05, 0) is 25.0 Å². The van der Waals surface area contributed by atoms with Crippen LogP contribution in [0.5, 0.6) is 0 Å². The van der Waals surface area contributed by atoms with Crippen LogP contribution < -0.4 is 4.72 Å². The van der Waals surface area contributed by atoms with E-state index in [-0.39, 0.29) is 22.9 Å². The molecule has 1 aromatic rings. The van der Waals surface area contributed by atoms with Crippen LogP contribution in [0.1, 0.15) is 38.5 Å². The topological polar surface area (TPSA) is 96.4 Å². The van der Waals surface area contributed by atoms with E-state index in [4.69, 9.17) is 11.6 Å². The van der Waals surface area contributed by atoms with Crippen LogP contribution in [0.2, 0.25) is 5.15 Å². The molecule has 0 aliphatic heterocycles. The zero-order valence-corrected chi connectivity index (χ0v) is 13.0. The van der Waals surface area contributed by atoms with E-state index in [1.54, 1.807) is 0 Å². The first-order chi connectivity index (χ1) is 9.87. The number of nitrogens with one attached hydrogen (secondary N) is 1. The molecule has 1 fully saturated rings. The van der Waals surface area contributed by atoms with E-state index >= 15 is 0 Å². The van der Waals surface area contributed by atoms with Gasteiger partial charge in [0.25, 0.3) is 0 Å². The molecule has 116 valence electrons. The summed E-state index contributed by atoms with van der Waals surface area (Å²) in [6, 6.07) is 2.75. The number of pyridine rings is 1. The Morgan fingerprint density at radius 2 is 1.90 bits per heavy atom. The Bertz CT molecular complexity index is 625. The van der Waals surface area contributed by atoms with Gasteiger partial charge in [-0.15, -0.1) is 0 Å². The lowest BCUT2D eigenvalue weighted by molar-refractivity contribution is -0.144. The highest BCUT2D eigenvalue weighted by Crippen LogP contribution is 2.30. The first kappa shape index (κ1) is 16.2. The van der Waals surface area contributed by atoms with Crippen LogP contribution in [0, 0.1) is 0 Å². The summed E-state index contributed by atoms with van der Waals surface area (Å²) < 4.78 is 27.2. The maximum Gasteiger partial charge on any atom is 0.324 e. The average molecular weight is 333 g/mol. The molecule has 1 aliphatic carbocycles. The van der Waals surface area contributed by atoms with E-state index in [0.29, 0.717) is 12.8 Å². The van der Waals surface area contributed by atoms with Gasteiger partial charge in [0, 0.05) is 6.20 Å². The van der Waals surface area contributed by atoms with E-state index in [9.17, 15) is 18.3 Å². The van der Waals surface area contributed by atoms with Gasteiger partial charge in [-0.2, -0.15) is 4.72 Å². The van der Waals surface area contributed by atoms with Crippen molar-refractivity contribution in [2.24, 2.45) is 0 Å². The molecular formula is C13H17ClN2O4S. The second kappa shape index (κ2) is 6.29. The molecule has 2 N–H and O–H groups in total. The van der Waals surface area contributed by atoms with E-state index in [1.807, 2.05) is 0 Å². The molecule has 0 aromatic carbocycles. The summed E-state index contributed by atoms with van der Waals surface area (Å²) >= 11 is 5.81. The summed E-state index contributed by atoms with van der Waals surface area (Å²) in [5.41, 5.74) is -1.46. The lowest BCUT2D eigenvalue weighted by atomic mass is 9.92. The van der Waals surface area contributed by atoms with Gasteiger partial charge in [0.15, 0.2) is 0 Å². The number of aliphatic carboxylic acids is 1. The summed E-state index contributed by atoms with van der Waals surface area (Å²) in [6.45, 7) is 0. The first-order valence-electron chi connectivity index (χ1n) is 6.75. The highest BCUT2D eigenvalue weighted by molar-refractivity contribution is 7.89. The Kier molecular flexibility index (Phi) is 4.85. The average Bonchev–Trinajstić information content (AvgIpc) is 2.65. The van der Waals surface area contributed by atoms with Crippen LogP contribution in [0.3, 0.4) is 0 Å². The predicted molar refractivity (Wildman–Crippen MR) is 77.6 cm³/mol. The summed E-state index contributed by atoms with van der Waals surface area (Å²) in [5, 5.41) is 9.35. The van der Waals surface area contributed by atoms with Gasteiger partial charge in [-0.3, -0.25) is 4.79 Å². The fourth-order valence-electron chi connectivity index (χ4n) is 2.58. The highest BCUT2D eigenvalue weighted by atomic mass is 35.5. The van der Waals surface area contributed by atoms with Crippen molar-refractivity contribution in [1.29, 1.82) is 0 Å². The molecule has 0 spiro atoms. The number of aromatic nitrogens is 1. The zero-order valence-electron chi connectivity index (χ0n) is 11.4. The normalized spacial score (nSPS) is 18.9. The second-order valence-corrected chi connectivity index (χ2v) is 7.21. The molecule has 1 aliphatic rings. The molecule has 1 saturated carbocycles. The third kappa shape index (κ3) is 3.53.